The average Bonchev–Trinajstić information content (AvgIpc) is 3.41. The second kappa shape index (κ2) is 7.62. The highest BCUT2D eigenvalue weighted by Gasteiger charge is 2.34. The van der Waals surface area contributed by atoms with Crippen molar-refractivity contribution in [3.05, 3.63) is 35.9 Å². The molecule has 3 rings (SSSR count). The van der Waals surface area contributed by atoms with E-state index in [0.29, 0.717) is 18.2 Å². The van der Waals surface area contributed by atoms with Gasteiger partial charge in [-0.05, 0) is 44.1 Å². The van der Waals surface area contributed by atoms with Crippen molar-refractivity contribution < 1.29 is 9.59 Å². The molecule has 1 aliphatic carbocycles. The van der Waals surface area contributed by atoms with E-state index in [9.17, 15) is 9.59 Å². The molecule has 1 saturated heterocycles. The Morgan fingerprint density at radius 2 is 1.74 bits per heavy atom. The smallest absolute Gasteiger partial charge is 0.225 e. The molecule has 4 nitrogen and oxygen atoms in total. The summed E-state index contributed by atoms with van der Waals surface area (Å²) in [5.41, 5.74) is 1.28. The van der Waals surface area contributed by atoms with E-state index in [1.807, 2.05) is 23.1 Å². The maximum absolute atomic E-state index is 12.0. The number of amides is 2. The topological polar surface area (TPSA) is 49.4 Å². The second-order valence-corrected chi connectivity index (χ2v) is 6.78. The van der Waals surface area contributed by atoms with E-state index >= 15 is 0 Å². The molecule has 2 aliphatic rings. The van der Waals surface area contributed by atoms with Crippen LogP contribution in [0.2, 0.25) is 0 Å². The van der Waals surface area contributed by atoms with Gasteiger partial charge in [0.1, 0.15) is 0 Å². The normalized spacial score (nSPS) is 18.7. The number of nitrogens with zero attached hydrogens (tertiary/aromatic N) is 1. The van der Waals surface area contributed by atoms with Crippen molar-refractivity contribution in [1.82, 2.24) is 10.2 Å². The van der Waals surface area contributed by atoms with Crippen molar-refractivity contribution in [1.29, 1.82) is 0 Å². The molecule has 1 heterocycles. The number of nitrogens with one attached hydrogen (secondary N) is 1. The van der Waals surface area contributed by atoms with E-state index in [1.165, 1.54) is 5.56 Å². The van der Waals surface area contributed by atoms with Crippen molar-refractivity contribution in [3.63, 3.8) is 0 Å². The lowest BCUT2D eigenvalue weighted by Gasteiger charge is -2.32. The van der Waals surface area contributed by atoms with Crippen molar-refractivity contribution in [2.75, 3.05) is 13.1 Å². The van der Waals surface area contributed by atoms with E-state index in [2.05, 4.69) is 17.4 Å². The molecule has 1 saturated carbocycles. The summed E-state index contributed by atoms with van der Waals surface area (Å²) in [4.78, 5) is 26.0. The Morgan fingerprint density at radius 1 is 1.04 bits per heavy atom. The first-order chi connectivity index (χ1) is 11.2. The molecule has 1 aromatic rings. The van der Waals surface area contributed by atoms with Crippen LogP contribution in [0.15, 0.2) is 30.3 Å². The summed E-state index contributed by atoms with van der Waals surface area (Å²) in [5, 5.41) is 3.13. The largest absolute Gasteiger partial charge is 0.353 e. The fourth-order valence-corrected chi connectivity index (χ4v) is 3.23. The third kappa shape index (κ3) is 4.81. The summed E-state index contributed by atoms with van der Waals surface area (Å²) in [7, 11) is 0. The van der Waals surface area contributed by atoms with Gasteiger partial charge < -0.3 is 10.2 Å². The van der Waals surface area contributed by atoms with Crippen molar-refractivity contribution in [2.24, 2.45) is 5.92 Å². The standard InChI is InChI=1S/C19H26N2O2/c22-18(8-4-7-15-5-2-1-3-6-15)20-17-11-13-21(14-12-17)19(23)16-9-10-16/h1-3,5-6,16-17H,4,7-14H2,(H,20,22). The van der Waals surface area contributed by atoms with E-state index in [-0.39, 0.29) is 11.9 Å². The van der Waals surface area contributed by atoms with Crippen LogP contribution in [0.4, 0.5) is 0 Å². The van der Waals surface area contributed by atoms with Gasteiger partial charge >= 0.3 is 0 Å². The van der Waals surface area contributed by atoms with Crippen LogP contribution in [0.5, 0.6) is 0 Å². The van der Waals surface area contributed by atoms with Gasteiger partial charge in [-0.1, -0.05) is 30.3 Å². The first-order valence-corrected chi connectivity index (χ1v) is 8.84. The Bertz CT molecular complexity index is 532. The SMILES string of the molecule is O=C(CCCc1ccccc1)NC1CCN(C(=O)C2CC2)CC1. The van der Waals surface area contributed by atoms with Gasteiger partial charge in [0.25, 0.3) is 0 Å². The van der Waals surface area contributed by atoms with Crippen molar-refractivity contribution in [3.8, 4) is 0 Å². The maximum Gasteiger partial charge on any atom is 0.225 e. The molecular weight excluding hydrogens is 288 g/mol. The van der Waals surface area contributed by atoms with Crippen LogP contribution in [-0.4, -0.2) is 35.8 Å². The Morgan fingerprint density at radius 3 is 2.39 bits per heavy atom. The van der Waals surface area contributed by atoms with Gasteiger partial charge in [-0.2, -0.15) is 0 Å². The zero-order valence-corrected chi connectivity index (χ0v) is 13.7. The number of aryl methyl sites for hydroxylation is 1. The number of benzene rings is 1. The van der Waals surface area contributed by atoms with E-state index < -0.39 is 0 Å². The molecule has 4 heteroatoms. The van der Waals surface area contributed by atoms with Gasteiger partial charge in [-0.25, -0.2) is 0 Å². The number of rotatable bonds is 6. The van der Waals surface area contributed by atoms with Crippen LogP contribution in [0.25, 0.3) is 0 Å². The van der Waals surface area contributed by atoms with Crippen molar-refractivity contribution in [2.45, 2.75) is 51.0 Å². The van der Waals surface area contributed by atoms with Gasteiger partial charge in [0.15, 0.2) is 0 Å². The van der Waals surface area contributed by atoms with Gasteiger partial charge in [0.2, 0.25) is 11.8 Å². The number of hydrogen-bond acceptors (Lipinski definition) is 2. The van der Waals surface area contributed by atoms with Crippen LogP contribution >= 0.6 is 0 Å². The maximum atomic E-state index is 12.0. The predicted octanol–water partition coefficient (Wildman–Crippen LogP) is 2.53. The fourth-order valence-electron chi connectivity index (χ4n) is 3.23. The van der Waals surface area contributed by atoms with Gasteiger partial charge in [-0.15, -0.1) is 0 Å². The molecule has 0 spiro atoms. The fraction of sp³-hybridized carbons (Fsp3) is 0.579. The summed E-state index contributed by atoms with van der Waals surface area (Å²) in [5.74, 6) is 0.782. The minimum Gasteiger partial charge on any atom is -0.353 e. The lowest BCUT2D eigenvalue weighted by Crippen LogP contribution is -2.46. The molecule has 2 amide bonds. The summed E-state index contributed by atoms with van der Waals surface area (Å²) in [6.07, 6.45) is 6.33. The summed E-state index contributed by atoms with van der Waals surface area (Å²) < 4.78 is 0. The highest BCUT2D eigenvalue weighted by Crippen LogP contribution is 2.31. The Labute approximate surface area is 138 Å². The molecule has 1 aliphatic heterocycles. The summed E-state index contributed by atoms with van der Waals surface area (Å²) in [6.45, 7) is 1.59. The third-order valence-corrected chi connectivity index (χ3v) is 4.81. The van der Waals surface area contributed by atoms with E-state index in [0.717, 1.165) is 51.6 Å². The van der Waals surface area contributed by atoms with E-state index in [4.69, 9.17) is 0 Å². The molecule has 0 unspecified atom stereocenters. The molecule has 0 aromatic heterocycles. The zero-order chi connectivity index (χ0) is 16.1. The average molecular weight is 314 g/mol. The van der Waals surface area contributed by atoms with Crippen LogP contribution in [-0.2, 0) is 16.0 Å². The molecule has 1 N–H and O–H groups in total. The zero-order valence-electron chi connectivity index (χ0n) is 13.7. The Kier molecular flexibility index (Phi) is 5.31. The minimum absolute atomic E-state index is 0.146. The first-order valence-electron chi connectivity index (χ1n) is 8.84. The van der Waals surface area contributed by atoms with Crippen LogP contribution in [0.1, 0.15) is 44.1 Å². The number of carbonyl (C=O) groups excluding carboxylic acids is 2. The molecular formula is C19H26N2O2. The first kappa shape index (κ1) is 16.0. The molecule has 0 atom stereocenters. The molecule has 2 fully saturated rings. The lowest BCUT2D eigenvalue weighted by atomic mass is 10.0. The van der Waals surface area contributed by atoms with Crippen molar-refractivity contribution >= 4 is 11.8 Å². The predicted molar refractivity (Wildman–Crippen MR) is 89.8 cm³/mol. The highest BCUT2D eigenvalue weighted by molar-refractivity contribution is 5.81. The molecule has 0 bridgehead atoms. The summed E-state index contributed by atoms with van der Waals surface area (Å²) in [6, 6.07) is 10.5. The lowest BCUT2D eigenvalue weighted by molar-refractivity contribution is -0.133. The Hall–Kier alpha value is -1.84. The number of piperidine rings is 1. The molecule has 1 aromatic carbocycles. The van der Waals surface area contributed by atoms with Crippen LogP contribution in [0.3, 0.4) is 0 Å². The third-order valence-electron chi connectivity index (χ3n) is 4.81. The molecule has 23 heavy (non-hydrogen) atoms. The molecule has 124 valence electrons. The number of likely N-dealkylation sites (tertiary alicyclic amines) is 1. The summed E-state index contributed by atoms with van der Waals surface area (Å²) >= 11 is 0. The monoisotopic (exact) mass is 314 g/mol. The van der Waals surface area contributed by atoms with Gasteiger partial charge in [0, 0.05) is 31.5 Å². The van der Waals surface area contributed by atoms with E-state index in [1.54, 1.807) is 0 Å². The van der Waals surface area contributed by atoms with Crippen LogP contribution < -0.4 is 5.32 Å². The number of carbonyl (C=O) groups is 2. The molecule has 0 radical (unpaired) electrons. The minimum atomic E-state index is 0.146. The second-order valence-electron chi connectivity index (χ2n) is 6.78. The Balaban J connectivity index is 1.32. The van der Waals surface area contributed by atoms with Gasteiger partial charge in [-0.3, -0.25) is 9.59 Å². The quantitative estimate of drug-likeness (QED) is 0.877. The highest BCUT2D eigenvalue weighted by atomic mass is 16.2. The number of hydrogen-bond donors (Lipinski definition) is 1. The van der Waals surface area contributed by atoms with Gasteiger partial charge in [0.05, 0.1) is 0 Å². The van der Waals surface area contributed by atoms with Crippen LogP contribution in [0, 0.1) is 5.92 Å².